The third kappa shape index (κ3) is 2.93. The molecule has 0 bridgehead atoms. The van der Waals surface area contributed by atoms with Crippen LogP contribution in [0.3, 0.4) is 0 Å². The smallest absolute Gasteiger partial charge is 0.136 e. The third-order valence-corrected chi connectivity index (χ3v) is 1.16. The Labute approximate surface area is 59.3 Å². The lowest BCUT2D eigenvalue weighted by molar-refractivity contribution is -0.283. The fourth-order valence-electron chi connectivity index (χ4n) is 0.567. The highest BCUT2D eigenvalue weighted by atomic mass is 17.1. The van der Waals surface area contributed by atoms with E-state index in [1.165, 1.54) is 6.08 Å². The number of hydrogen-bond donors (Lipinski definition) is 3. The van der Waals surface area contributed by atoms with Crippen LogP contribution >= 0.6 is 0 Å². The lowest BCUT2D eigenvalue weighted by Crippen LogP contribution is -2.26. The van der Waals surface area contributed by atoms with Gasteiger partial charge in [0, 0.05) is 6.61 Å². The van der Waals surface area contributed by atoms with E-state index >= 15 is 0 Å². The molecule has 0 fully saturated rings. The van der Waals surface area contributed by atoms with E-state index in [1.54, 1.807) is 0 Å². The van der Waals surface area contributed by atoms with Gasteiger partial charge < -0.3 is 10.2 Å². The van der Waals surface area contributed by atoms with Crippen molar-refractivity contribution in [2.45, 2.75) is 18.6 Å². The topological polar surface area (TPSA) is 69.9 Å². The SMILES string of the molecule is C=C[C@@H](OO)[C@@H](O)CCO. The van der Waals surface area contributed by atoms with Gasteiger partial charge in [-0.25, -0.2) is 4.89 Å². The molecule has 3 N–H and O–H groups in total. The zero-order chi connectivity index (χ0) is 7.98. The molecule has 0 saturated carbocycles. The number of aliphatic hydroxyl groups is 2. The summed E-state index contributed by atoms with van der Waals surface area (Å²) in [7, 11) is 0. The van der Waals surface area contributed by atoms with E-state index in [1.807, 2.05) is 0 Å². The van der Waals surface area contributed by atoms with Crippen LogP contribution in [0.4, 0.5) is 0 Å². The summed E-state index contributed by atoms with van der Waals surface area (Å²) >= 11 is 0. The van der Waals surface area contributed by atoms with Gasteiger partial charge in [-0.05, 0) is 6.42 Å². The first kappa shape index (κ1) is 9.58. The van der Waals surface area contributed by atoms with Crippen LogP contribution in [0.1, 0.15) is 6.42 Å². The molecule has 0 aliphatic heterocycles. The number of rotatable bonds is 5. The van der Waals surface area contributed by atoms with Crippen LogP contribution in [0, 0.1) is 0 Å². The maximum atomic E-state index is 8.99. The predicted octanol–water partition coefficient (Wildman–Crippen LogP) is -0.226. The van der Waals surface area contributed by atoms with E-state index < -0.39 is 12.2 Å². The molecule has 0 rings (SSSR count). The van der Waals surface area contributed by atoms with Gasteiger partial charge in [-0.3, -0.25) is 5.26 Å². The van der Waals surface area contributed by atoms with Crippen molar-refractivity contribution in [1.29, 1.82) is 0 Å². The van der Waals surface area contributed by atoms with Gasteiger partial charge >= 0.3 is 0 Å². The van der Waals surface area contributed by atoms with Crippen molar-refractivity contribution in [3.05, 3.63) is 12.7 Å². The molecule has 0 aromatic rings. The van der Waals surface area contributed by atoms with Crippen LogP contribution in [0.25, 0.3) is 0 Å². The molecule has 0 radical (unpaired) electrons. The summed E-state index contributed by atoms with van der Waals surface area (Å²) in [4.78, 5) is 3.83. The minimum Gasteiger partial charge on any atom is -0.396 e. The molecule has 0 amide bonds. The van der Waals surface area contributed by atoms with Gasteiger partial charge in [0.1, 0.15) is 6.10 Å². The molecule has 0 aliphatic carbocycles. The minimum absolute atomic E-state index is 0.144. The second kappa shape index (κ2) is 5.37. The van der Waals surface area contributed by atoms with Crippen molar-refractivity contribution < 1.29 is 20.4 Å². The first-order chi connectivity index (χ1) is 4.76. The normalized spacial score (nSPS) is 16.3. The summed E-state index contributed by atoms with van der Waals surface area (Å²) in [5.74, 6) is 0. The van der Waals surface area contributed by atoms with E-state index in [2.05, 4.69) is 11.5 Å². The largest absolute Gasteiger partial charge is 0.396 e. The monoisotopic (exact) mass is 148 g/mol. The maximum Gasteiger partial charge on any atom is 0.136 e. The van der Waals surface area contributed by atoms with Crippen LogP contribution in [-0.2, 0) is 4.89 Å². The molecule has 0 aromatic heterocycles. The van der Waals surface area contributed by atoms with Crippen molar-refractivity contribution in [2.24, 2.45) is 0 Å². The van der Waals surface area contributed by atoms with Crippen LogP contribution < -0.4 is 0 Å². The van der Waals surface area contributed by atoms with E-state index in [0.29, 0.717) is 0 Å². The van der Waals surface area contributed by atoms with Crippen LogP contribution in [0.5, 0.6) is 0 Å². The quantitative estimate of drug-likeness (QED) is 0.286. The molecule has 2 atom stereocenters. The molecule has 10 heavy (non-hydrogen) atoms. The number of aliphatic hydroxyl groups excluding tert-OH is 2. The summed E-state index contributed by atoms with van der Waals surface area (Å²) in [6.07, 6.45) is -0.281. The summed E-state index contributed by atoms with van der Waals surface area (Å²) < 4.78 is 0. The Morgan fingerprint density at radius 2 is 2.20 bits per heavy atom. The summed E-state index contributed by atoms with van der Waals surface area (Å²) in [6, 6.07) is 0. The zero-order valence-corrected chi connectivity index (χ0v) is 5.60. The molecule has 0 spiro atoms. The number of hydrogen-bond acceptors (Lipinski definition) is 4. The van der Waals surface area contributed by atoms with E-state index in [4.69, 9.17) is 15.5 Å². The lowest BCUT2D eigenvalue weighted by Gasteiger charge is -2.14. The summed E-state index contributed by atoms with van der Waals surface area (Å²) in [5.41, 5.74) is 0. The van der Waals surface area contributed by atoms with E-state index in [0.717, 1.165) is 0 Å². The molecule has 4 nitrogen and oxygen atoms in total. The molecule has 0 saturated heterocycles. The fraction of sp³-hybridized carbons (Fsp3) is 0.667. The van der Waals surface area contributed by atoms with Gasteiger partial charge in [0.25, 0.3) is 0 Å². The van der Waals surface area contributed by atoms with Crippen molar-refractivity contribution in [2.75, 3.05) is 6.61 Å². The lowest BCUT2D eigenvalue weighted by atomic mass is 10.1. The van der Waals surface area contributed by atoms with E-state index in [-0.39, 0.29) is 13.0 Å². The summed E-state index contributed by atoms with van der Waals surface area (Å²) in [6.45, 7) is 3.16. The van der Waals surface area contributed by atoms with E-state index in [9.17, 15) is 0 Å². The molecule has 60 valence electrons. The van der Waals surface area contributed by atoms with Crippen molar-refractivity contribution in [1.82, 2.24) is 0 Å². The van der Waals surface area contributed by atoms with Crippen molar-refractivity contribution >= 4 is 0 Å². The fourth-order valence-corrected chi connectivity index (χ4v) is 0.567. The third-order valence-electron chi connectivity index (χ3n) is 1.16. The second-order valence-corrected chi connectivity index (χ2v) is 1.89. The summed E-state index contributed by atoms with van der Waals surface area (Å²) in [5, 5.41) is 25.4. The Bertz CT molecular complexity index is 93.7. The molecule has 4 heteroatoms. The molecular formula is C6H12O4. The average molecular weight is 148 g/mol. The Kier molecular flexibility index (Phi) is 5.15. The first-order valence-electron chi connectivity index (χ1n) is 2.98. The standard InChI is InChI=1S/C6H12O4/c1-2-6(10-9)5(8)3-4-7/h2,5-9H,1,3-4H2/t5-,6+/m0/s1. The molecule has 0 aliphatic rings. The van der Waals surface area contributed by atoms with Gasteiger partial charge in [0.15, 0.2) is 0 Å². The minimum atomic E-state index is -0.896. The maximum absolute atomic E-state index is 8.99. The Morgan fingerprint density at radius 1 is 1.60 bits per heavy atom. The Balaban J connectivity index is 3.63. The highest BCUT2D eigenvalue weighted by Gasteiger charge is 2.15. The molecule has 0 aromatic carbocycles. The second-order valence-electron chi connectivity index (χ2n) is 1.89. The van der Waals surface area contributed by atoms with Crippen molar-refractivity contribution in [3.63, 3.8) is 0 Å². The van der Waals surface area contributed by atoms with Crippen LogP contribution in [0.2, 0.25) is 0 Å². The highest BCUT2D eigenvalue weighted by Crippen LogP contribution is 2.02. The average Bonchev–Trinajstić information content (AvgIpc) is 1.91. The van der Waals surface area contributed by atoms with Gasteiger partial charge in [-0.2, -0.15) is 0 Å². The van der Waals surface area contributed by atoms with Crippen LogP contribution in [-0.4, -0.2) is 34.3 Å². The van der Waals surface area contributed by atoms with Crippen molar-refractivity contribution in [3.8, 4) is 0 Å². The zero-order valence-electron chi connectivity index (χ0n) is 5.60. The highest BCUT2D eigenvalue weighted by molar-refractivity contribution is 4.84. The Hall–Kier alpha value is -0.420. The first-order valence-corrected chi connectivity index (χ1v) is 2.98. The van der Waals surface area contributed by atoms with Gasteiger partial charge in [0.05, 0.1) is 6.10 Å². The van der Waals surface area contributed by atoms with Gasteiger partial charge in [-0.1, -0.05) is 6.08 Å². The van der Waals surface area contributed by atoms with Gasteiger partial charge in [0.2, 0.25) is 0 Å². The predicted molar refractivity (Wildman–Crippen MR) is 35.4 cm³/mol. The van der Waals surface area contributed by atoms with Gasteiger partial charge in [-0.15, -0.1) is 6.58 Å². The Morgan fingerprint density at radius 3 is 2.50 bits per heavy atom. The molecule has 0 unspecified atom stereocenters. The van der Waals surface area contributed by atoms with Crippen LogP contribution in [0.15, 0.2) is 12.7 Å². The molecular weight excluding hydrogens is 136 g/mol. The molecule has 0 heterocycles.